The number of halogens is 3. The Balaban J connectivity index is 1.47. The van der Waals surface area contributed by atoms with Crippen molar-refractivity contribution in [3.8, 4) is 0 Å². The molecular weight excluding hydrogens is 469 g/mol. The molecule has 1 saturated heterocycles. The quantitative estimate of drug-likeness (QED) is 0.414. The Hall–Kier alpha value is -2.96. The van der Waals surface area contributed by atoms with Gasteiger partial charge in [0.2, 0.25) is 0 Å². The minimum absolute atomic E-state index is 0.0325. The maximum Gasteiger partial charge on any atom is 0.417 e. The van der Waals surface area contributed by atoms with E-state index in [1.165, 1.54) is 0 Å². The number of thiophene rings is 1. The second kappa shape index (κ2) is 9.35. The molecule has 0 unspecified atom stereocenters. The summed E-state index contributed by atoms with van der Waals surface area (Å²) in [6.45, 7) is 3.15. The van der Waals surface area contributed by atoms with Crippen LogP contribution in [0.4, 0.5) is 24.7 Å². The van der Waals surface area contributed by atoms with Crippen LogP contribution in [0.25, 0.3) is 10.2 Å². The molecule has 1 atom stereocenters. The van der Waals surface area contributed by atoms with E-state index in [-0.39, 0.29) is 32.6 Å². The summed E-state index contributed by atoms with van der Waals surface area (Å²) in [6, 6.07) is 6.54. The van der Waals surface area contributed by atoms with Crippen molar-refractivity contribution in [2.45, 2.75) is 38.1 Å². The van der Waals surface area contributed by atoms with Crippen molar-refractivity contribution in [3.63, 3.8) is 0 Å². The SMILES string of the molecule is Cc1cccc([C@@H](O)CNC2CCN(c3cc(C(F)(F)F)c4c(N)c(C(N)=O)sc4n3)CC2)n1. The van der Waals surface area contributed by atoms with E-state index < -0.39 is 23.8 Å². The number of aliphatic hydroxyl groups is 1. The molecule has 34 heavy (non-hydrogen) atoms. The molecule has 0 saturated carbocycles. The molecule has 4 heterocycles. The summed E-state index contributed by atoms with van der Waals surface area (Å²) < 4.78 is 41.4. The van der Waals surface area contributed by atoms with Crippen LogP contribution in [0.15, 0.2) is 24.3 Å². The zero-order valence-electron chi connectivity index (χ0n) is 18.4. The van der Waals surface area contributed by atoms with Crippen LogP contribution in [-0.4, -0.2) is 46.7 Å². The highest BCUT2D eigenvalue weighted by atomic mass is 32.1. The van der Waals surface area contributed by atoms with Crippen molar-refractivity contribution >= 4 is 39.0 Å². The summed E-state index contributed by atoms with van der Waals surface area (Å²) in [5.41, 5.74) is 11.3. The van der Waals surface area contributed by atoms with Crippen molar-refractivity contribution in [2.24, 2.45) is 5.73 Å². The largest absolute Gasteiger partial charge is 0.417 e. The van der Waals surface area contributed by atoms with Gasteiger partial charge in [-0.2, -0.15) is 13.2 Å². The fraction of sp³-hybridized carbons (Fsp3) is 0.409. The zero-order valence-corrected chi connectivity index (χ0v) is 19.2. The number of hydrogen-bond acceptors (Lipinski definition) is 8. The average Bonchev–Trinajstić information content (AvgIpc) is 3.13. The molecule has 3 aromatic rings. The number of aryl methyl sites for hydroxylation is 1. The molecule has 0 bridgehead atoms. The number of carbonyl (C=O) groups excluding carboxylic acids is 1. The second-order valence-corrected chi connectivity index (χ2v) is 9.30. The van der Waals surface area contributed by atoms with E-state index in [4.69, 9.17) is 11.5 Å². The van der Waals surface area contributed by atoms with Crippen LogP contribution in [0, 0.1) is 6.92 Å². The fourth-order valence-corrected chi connectivity index (χ4v) is 5.09. The monoisotopic (exact) mass is 494 g/mol. The van der Waals surface area contributed by atoms with E-state index in [1.807, 2.05) is 19.1 Å². The summed E-state index contributed by atoms with van der Waals surface area (Å²) in [6.07, 6.45) is -4.09. The number of aromatic nitrogens is 2. The number of anilines is 2. The number of nitrogens with one attached hydrogen (secondary N) is 1. The molecule has 1 fully saturated rings. The molecular formula is C22H25F3N6O2S. The summed E-state index contributed by atoms with van der Waals surface area (Å²) in [5, 5.41) is 13.4. The standard InChI is InChI=1S/C22H25F3N6O2S/c1-11-3-2-4-14(29-11)15(32)10-28-12-5-7-31(8-6-12)16-9-13(22(23,24)25)17-18(26)19(20(27)33)34-21(17)30-16/h2-4,9,12,15,28,32H,5-8,10,26H2,1H3,(H2,27,33)/t15-/m0/s1. The highest BCUT2D eigenvalue weighted by Crippen LogP contribution is 2.43. The topological polar surface area (TPSA) is 130 Å². The smallest absolute Gasteiger partial charge is 0.397 e. The van der Waals surface area contributed by atoms with E-state index in [9.17, 15) is 23.1 Å². The lowest BCUT2D eigenvalue weighted by Gasteiger charge is -2.34. The van der Waals surface area contributed by atoms with Crippen molar-refractivity contribution in [1.82, 2.24) is 15.3 Å². The van der Waals surface area contributed by atoms with E-state index in [0.717, 1.165) is 23.1 Å². The molecule has 0 spiro atoms. The number of hydrogen-bond donors (Lipinski definition) is 4. The number of amides is 1. The van der Waals surface area contributed by atoms with Gasteiger partial charge in [-0.1, -0.05) is 6.07 Å². The van der Waals surface area contributed by atoms with Gasteiger partial charge < -0.3 is 26.8 Å². The first-order valence-electron chi connectivity index (χ1n) is 10.7. The number of rotatable bonds is 6. The Morgan fingerprint density at radius 3 is 2.65 bits per heavy atom. The number of aliphatic hydroxyl groups excluding tert-OH is 1. The second-order valence-electron chi connectivity index (χ2n) is 8.30. The van der Waals surface area contributed by atoms with Gasteiger partial charge in [0.25, 0.3) is 5.91 Å². The van der Waals surface area contributed by atoms with Crippen LogP contribution < -0.4 is 21.7 Å². The van der Waals surface area contributed by atoms with Gasteiger partial charge in [-0.15, -0.1) is 11.3 Å². The Bertz CT molecular complexity index is 1210. The van der Waals surface area contributed by atoms with Crippen LogP contribution in [0.5, 0.6) is 0 Å². The van der Waals surface area contributed by atoms with E-state index in [1.54, 1.807) is 11.0 Å². The van der Waals surface area contributed by atoms with Gasteiger partial charge in [-0.3, -0.25) is 9.78 Å². The number of primary amides is 1. The molecule has 182 valence electrons. The summed E-state index contributed by atoms with van der Waals surface area (Å²) in [7, 11) is 0. The third kappa shape index (κ3) is 4.93. The van der Waals surface area contributed by atoms with Gasteiger partial charge in [0.1, 0.15) is 21.6 Å². The lowest BCUT2D eigenvalue weighted by atomic mass is 10.0. The number of fused-ring (bicyclic) bond motifs is 1. The third-order valence-corrected chi connectivity index (χ3v) is 7.00. The normalized spacial score (nSPS) is 16.2. The van der Waals surface area contributed by atoms with Crippen LogP contribution >= 0.6 is 11.3 Å². The summed E-state index contributed by atoms with van der Waals surface area (Å²) in [4.78, 5) is 22.0. The minimum atomic E-state index is -4.67. The van der Waals surface area contributed by atoms with Crippen LogP contribution in [0.3, 0.4) is 0 Å². The molecule has 1 amide bonds. The van der Waals surface area contributed by atoms with Gasteiger partial charge in [0, 0.05) is 36.8 Å². The molecule has 0 radical (unpaired) electrons. The Morgan fingerprint density at radius 2 is 2.03 bits per heavy atom. The van der Waals surface area contributed by atoms with Crippen LogP contribution in [-0.2, 0) is 6.18 Å². The highest BCUT2D eigenvalue weighted by molar-refractivity contribution is 7.21. The third-order valence-electron chi connectivity index (χ3n) is 5.88. The molecule has 0 aromatic carbocycles. The van der Waals surface area contributed by atoms with Crippen LogP contribution in [0.1, 0.15) is 45.6 Å². The summed E-state index contributed by atoms with van der Waals surface area (Å²) >= 11 is 0.768. The first-order valence-corrected chi connectivity index (χ1v) is 11.6. The van der Waals surface area contributed by atoms with Gasteiger partial charge in [0.15, 0.2) is 0 Å². The van der Waals surface area contributed by atoms with Crippen molar-refractivity contribution in [2.75, 3.05) is 30.3 Å². The predicted octanol–water partition coefficient (Wildman–Crippen LogP) is 2.99. The van der Waals surface area contributed by atoms with Crippen molar-refractivity contribution < 1.29 is 23.1 Å². The number of alkyl halides is 3. The van der Waals surface area contributed by atoms with Gasteiger partial charge in [0.05, 0.1) is 16.9 Å². The van der Waals surface area contributed by atoms with Crippen molar-refractivity contribution in [1.29, 1.82) is 0 Å². The minimum Gasteiger partial charge on any atom is -0.397 e. The Morgan fingerprint density at radius 1 is 1.32 bits per heavy atom. The van der Waals surface area contributed by atoms with Gasteiger partial charge in [-0.05, 0) is 38.0 Å². The number of nitrogens with zero attached hydrogens (tertiary/aromatic N) is 3. The summed E-state index contributed by atoms with van der Waals surface area (Å²) in [5.74, 6) is -0.704. The molecule has 4 rings (SSSR count). The number of carbonyl (C=O) groups is 1. The van der Waals surface area contributed by atoms with E-state index in [2.05, 4.69) is 15.3 Å². The number of piperidine rings is 1. The van der Waals surface area contributed by atoms with Gasteiger partial charge >= 0.3 is 6.18 Å². The van der Waals surface area contributed by atoms with Crippen molar-refractivity contribution in [3.05, 3.63) is 46.1 Å². The maximum atomic E-state index is 13.8. The molecule has 1 aliphatic heterocycles. The van der Waals surface area contributed by atoms with Crippen LogP contribution in [0.2, 0.25) is 0 Å². The lowest BCUT2D eigenvalue weighted by molar-refractivity contribution is -0.136. The molecule has 12 heteroatoms. The fourth-order valence-electron chi connectivity index (χ4n) is 4.12. The number of pyridine rings is 2. The maximum absolute atomic E-state index is 13.8. The Kier molecular flexibility index (Phi) is 6.65. The van der Waals surface area contributed by atoms with E-state index >= 15 is 0 Å². The van der Waals surface area contributed by atoms with Gasteiger partial charge in [-0.25, -0.2) is 4.98 Å². The zero-order chi connectivity index (χ0) is 24.6. The molecule has 6 N–H and O–H groups in total. The molecule has 1 aliphatic rings. The molecule has 8 nitrogen and oxygen atoms in total. The average molecular weight is 495 g/mol. The first kappa shape index (κ1) is 24.2. The number of nitrogens with two attached hydrogens (primary N) is 2. The number of nitrogen functional groups attached to an aromatic ring is 1. The molecule has 0 aliphatic carbocycles. The Labute approximate surface area is 197 Å². The van der Waals surface area contributed by atoms with E-state index in [0.29, 0.717) is 38.2 Å². The lowest BCUT2D eigenvalue weighted by Crippen LogP contribution is -2.44. The first-order chi connectivity index (χ1) is 16.0. The highest BCUT2D eigenvalue weighted by Gasteiger charge is 2.37. The molecule has 3 aromatic heterocycles. The predicted molar refractivity (Wildman–Crippen MR) is 125 cm³/mol.